The highest BCUT2D eigenvalue weighted by molar-refractivity contribution is 5.73. The van der Waals surface area contributed by atoms with Crippen molar-refractivity contribution in [1.29, 1.82) is 0 Å². The molecule has 8 heteroatoms. The Labute approximate surface area is 137 Å². The molecule has 2 aromatic rings. The Morgan fingerprint density at radius 3 is 2.62 bits per heavy atom. The molecule has 6 nitrogen and oxygen atoms in total. The van der Waals surface area contributed by atoms with E-state index in [1.807, 2.05) is 0 Å². The minimum atomic E-state index is -1.00. The van der Waals surface area contributed by atoms with Gasteiger partial charge in [-0.2, -0.15) is 18.9 Å². The predicted molar refractivity (Wildman–Crippen MR) is 80.1 cm³/mol. The maximum absolute atomic E-state index is 14.1. The van der Waals surface area contributed by atoms with Gasteiger partial charge in [-0.05, 0) is 33.6 Å². The van der Waals surface area contributed by atoms with Crippen molar-refractivity contribution in [1.82, 2.24) is 9.78 Å². The highest BCUT2D eigenvalue weighted by Crippen LogP contribution is 2.43. The largest absolute Gasteiger partial charge is 0.618 e. The van der Waals surface area contributed by atoms with Crippen LogP contribution in [-0.2, 0) is 4.74 Å². The van der Waals surface area contributed by atoms with Crippen LogP contribution in [0.15, 0.2) is 18.5 Å². The van der Waals surface area contributed by atoms with E-state index in [1.54, 1.807) is 20.8 Å². The number of halogens is 2. The van der Waals surface area contributed by atoms with E-state index in [9.17, 15) is 18.8 Å². The number of ether oxygens (including phenoxy) is 1. The lowest BCUT2D eigenvalue weighted by molar-refractivity contribution is -0.597. The van der Waals surface area contributed by atoms with Gasteiger partial charge in [-0.3, -0.25) is 0 Å². The lowest BCUT2D eigenvalue weighted by Gasteiger charge is -2.18. The minimum absolute atomic E-state index is 0.0492. The van der Waals surface area contributed by atoms with Crippen molar-refractivity contribution < 1.29 is 23.0 Å². The number of hydrogen-bond acceptors (Lipinski definition) is 4. The lowest BCUT2D eigenvalue weighted by Crippen LogP contribution is -2.31. The molecule has 3 rings (SSSR count). The number of rotatable bonds is 2. The normalized spacial score (nSPS) is 14.7. The fourth-order valence-electron chi connectivity index (χ4n) is 2.39. The van der Waals surface area contributed by atoms with E-state index < -0.39 is 23.3 Å². The van der Waals surface area contributed by atoms with Gasteiger partial charge in [0.05, 0.1) is 17.5 Å². The van der Waals surface area contributed by atoms with E-state index >= 15 is 0 Å². The Morgan fingerprint density at radius 1 is 1.42 bits per heavy atom. The summed E-state index contributed by atoms with van der Waals surface area (Å²) in [6, 6.07) is 0.630. The van der Waals surface area contributed by atoms with E-state index in [0.717, 1.165) is 17.5 Å². The lowest BCUT2D eigenvalue weighted by atomic mass is 10.1. The third-order valence-corrected chi connectivity index (χ3v) is 3.49. The van der Waals surface area contributed by atoms with Crippen LogP contribution in [0.25, 0.3) is 11.3 Å². The molecule has 0 N–H and O–H groups in total. The zero-order valence-corrected chi connectivity index (χ0v) is 13.5. The van der Waals surface area contributed by atoms with E-state index in [-0.39, 0.29) is 21.9 Å². The average molecular weight is 337 g/mol. The van der Waals surface area contributed by atoms with Crippen molar-refractivity contribution in [3.05, 3.63) is 41.0 Å². The summed E-state index contributed by atoms with van der Waals surface area (Å²) in [5.74, 6) is -1.93. The van der Waals surface area contributed by atoms with Gasteiger partial charge in [0.15, 0.2) is 11.6 Å². The minimum Gasteiger partial charge on any atom is -0.618 e. The molecule has 0 amide bonds. The van der Waals surface area contributed by atoms with Crippen LogP contribution in [0, 0.1) is 16.8 Å². The second-order valence-corrected chi connectivity index (χ2v) is 6.81. The highest BCUT2D eigenvalue weighted by Gasteiger charge is 2.35. The molecule has 0 radical (unpaired) electrons. The Balaban J connectivity index is 2.07. The van der Waals surface area contributed by atoms with Crippen molar-refractivity contribution >= 4 is 6.09 Å². The molecule has 0 atom stereocenters. The number of aromatic nitrogens is 3. The Bertz CT molecular complexity index is 784. The molecule has 24 heavy (non-hydrogen) atoms. The zero-order valence-electron chi connectivity index (χ0n) is 13.5. The summed E-state index contributed by atoms with van der Waals surface area (Å²) in [5, 5.41) is 16.1. The van der Waals surface area contributed by atoms with Gasteiger partial charge in [-0.1, -0.05) is 0 Å². The summed E-state index contributed by atoms with van der Waals surface area (Å²) in [6.07, 6.45) is 2.84. The van der Waals surface area contributed by atoms with Gasteiger partial charge in [0.1, 0.15) is 5.60 Å². The smallest absolute Gasteiger partial charge is 0.435 e. The second kappa shape index (κ2) is 5.54. The molecule has 0 bridgehead atoms. The van der Waals surface area contributed by atoms with Gasteiger partial charge in [0.25, 0.3) is 5.69 Å². The van der Waals surface area contributed by atoms with Crippen LogP contribution in [0.4, 0.5) is 13.6 Å². The monoisotopic (exact) mass is 337 g/mol. The zero-order chi connectivity index (χ0) is 17.6. The number of nitrogens with zero attached hydrogens (tertiary/aromatic N) is 3. The highest BCUT2D eigenvalue weighted by atomic mass is 19.1. The molecule has 0 spiro atoms. The van der Waals surface area contributed by atoms with Crippen LogP contribution in [0.1, 0.15) is 45.2 Å². The molecule has 2 heterocycles. The standard InChI is InChI=1S/C16H17F2N3O3/c1-16(2,3)24-15(22)20-8-11(13(19-20)9-4-5-9)14-12(18)6-10(17)7-21(14)23/h6-9H,4-5H2,1-3H3. The van der Waals surface area contributed by atoms with Crippen LogP contribution in [0.3, 0.4) is 0 Å². The van der Waals surface area contributed by atoms with Crippen LogP contribution >= 0.6 is 0 Å². The summed E-state index contributed by atoms with van der Waals surface area (Å²) in [7, 11) is 0. The van der Waals surface area contributed by atoms with Crippen LogP contribution in [0.5, 0.6) is 0 Å². The number of hydrogen-bond donors (Lipinski definition) is 0. The summed E-state index contributed by atoms with van der Waals surface area (Å²) in [5.41, 5.74) is -0.456. The van der Waals surface area contributed by atoms with Crippen molar-refractivity contribution in [2.45, 2.75) is 45.1 Å². The third kappa shape index (κ3) is 3.22. The molecular weight excluding hydrogens is 320 g/mol. The summed E-state index contributed by atoms with van der Waals surface area (Å²) >= 11 is 0. The number of pyridine rings is 1. The quantitative estimate of drug-likeness (QED) is 0.623. The molecular formula is C16H17F2N3O3. The molecule has 0 saturated heterocycles. The van der Waals surface area contributed by atoms with Crippen LogP contribution in [0.2, 0.25) is 0 Å². The molecule has 0 aliphatic heterocycles. The van der Waals surface area contributed by atoms with Crippen LogP contribution in [-0.4, -0.2) is 21.5 Å². The van der Waals surface area contributed by atoms with Gasteiger partial charge in [0.2, 0.25) is 6.20 Å². The number of carbonyl (C=O) groups is 1. The average Bonchev–Trinajstić information content (AvgIpc) is 3.16. The molecule has 128 valence electrons. The predicted octanol–water partition coefficient (Wildman–Crippen LogP) is 3.12. The van der Waals surface area contributed by atoms with Crippen LogP contribution < -0.4 is 4.73 Å². The fourth-order valence-corrected chi connectivity index (χ4v) is 2.39. The number of carbonyl (C=O) groups excluding carboxylic acids is 1. The molecule has 1 fully saturated rings. The van der Waals surface area contributed by atoms with Crippen molar-refractivity contribution in [2.24, 2.45) is 0 Å². The summed E-state index contributed by atoms with van der Waals surface area (Å²) in [4.78, 5) is 12.2. The Morgan fingerprint density at radius 2 is 2.08 bits per heavy atom. The first-order valence-corrected chi connectivity index (χ1v) is 7.57. The summed E-state index contributed by atoms with van der Waals surface area (Å²) < 4.78 is 33.6. The molecule has 2 aromatic heterocycles. The topological polar surface area (TPSA) is 71.1 Å². The van der Waals surface area contributed by atoms with Gasteiger partial charge in [-0.15, -0.1) is 0 Å². The van der Waals surface area contributed by atoms with Crippen molar-refractivity contribution in [3.63, 3.8) is 0 Å². The first kappa shape index (κ1) is 16.4. The van der Waals surface area contributed by atoms with E-state index in [4.69, 9.17) is 4.74 Å². The second-order valence-electron chi connectivity index (χ2n) is 6.81. The van der Waals surface area contributed by atoms with Crippen molar-refractivity contribution in [2.75, 3.05) is 0 Å². The third-order valence-electron chi connectivity index (χ3n) is 3.49. The molecule has 0 unspecified atom stereocenters. The van der Waals surface area contributed by atoms with Gasteiger partial charge in [-0.25, -0.2) is 9.18 Å². The summed E-state index contributed by atoms with van der Waals surface area (Å²) in [6.45, 7) is 5.13. The maximum atomic E-state index is 14.1. The fraction of sp³-hybridized carbons (Fsp3) is 0.438. The first-order valence-electron chi connectivity index (χ1n) is 7.57. The van der Waals surface area contributed by atoms with Gasteiger partial charge in [0, 0.05) is 12.0 Å². The Kier molecular flexibility index (Phi) is 3.77. The SMILES string of the molecule is CC(C)(C)OC(=O)n1cc(-c2c(F)cc(F)c[n+]2[O-])c(C2CC2)n1. The molecule has 1 aliphatic rings. The maximum Gasteiger partial charge on any atom is 0.435 e. The Hall–Kier alpha value is -2.51. The molecule has 0 aromatic carbocycles. The van der Waals surface area contributed by atoms with E-state index in [2.05, 4.69) is 5.10 Å². The van der Waals surface area contributed by atoms with Gasteiger partial charge >= 0.3 is 6.09 Å². The molecule has 1 aliphatic carbocycles. The van der Waals surface area contributed by atoms with Gasteiger partial charge < -0.3 is 9.94 Å². The molecule has 1 saturated carbocycles. The van der Waals surface area contributed by atoms with Crippen molar-refractivity contribution in [3.8, 4) is 11.3 Å². The van der Waals surface area contributed by atoms with E-state index in [0.29, 0.717) is 18.0 Å². The van der Waals surface area contributed by atoms with E-state index in [1.165, 1.54) is 6.20 Å². The first-order chi connectivity index (χ1) is 11.2.